The Morgan fingerprint density at radius 1 is 1.17 bits per heavy atom. The average Bonchev–Trinajstić information content (AvgIpc) is 3.12. The van der Waals surface area contributed by atoms with Crippen molar-refractivity contribution in [2.75, 3.05) is 5.75 Å². The van der Waals surface area contributed by atoms with Gasteiger partial charge in [-0.2, -0.15) is 0 Å². The summed E-state index contributed by atoms with van der Waals surface area (Å²) in [7, 11) is -3.72. The van der Waals surface area contributed by atoms with Gasteiger partial charge < -0.3 is 5.32 Å². The number of carbonyl (C=O) groups excluding carboxylic acids is 1. The van der Waals surface area contributed by atoms with Crippen molar-refractivity contribution >= 4 is 27.7 Å². The van der Waals surface area contributed by atoms with Crippen LogP contribution in [-0.4, -0.2) is 34.8 Å². The molecule has 0 unspecified atom stereocenters. The monoisotopic (exact) mass is 431 g/mol. The number of benzene rings is 2. The number of sulfonamides is 1. The number of primary sulfonamides is 1. The molecule has 2 aromatic carbocycles. The SMILES string of the molecule is Cc1ccc(-n2cnnc2SCC(=O)NCc2ccc(S(N)(=O)=O)cc2)c(C)c1. The van der Waals surface area contributed by atoms with E-state index in [0.717, 1.165) is 16.8 Å². The van der Waals surface area contributed by atoms with Crippen LogP contribution >= 0.6 is 11.8 Å². The van der Waals surface area contributed by atoms with Gasteiger partial charge in [-0.05, 0) is 43.2 Å². The van der Waals surface area contributed by atoms with Crippen molar-refractivity contribution in [2.24, 2.45) is 5.14 Å². The maximum atomic E-state index is 12.2. The summed E-state index contributed by atoms with van der Waals surface area (Å²) >= 11 is 1.29. The third kappa shape index (κ3) is 5.43. The maximum absolute atomic E-state index is 12.2. The molecule has 1 heterocycles. The van der Waals surface area contributed by atoms with Crippen LogP contribution in [0.4, 0.5) is 0 Å². The quantitative estimate of drug-likeness (QED) is 0.552. The number of nitrogens with one attached hydrogen (secondary N) is 1. The molecule has 0 aliphatic heterocycles. The number of hydrogen-bond donors (Lipinski definition) is 2. The van der Waals surface area contributed by atoms with E-state index >= 15 is 0 Å². The fourth-order valence-electron chi connectivity index (χ4n) is 2.74. The van der Waals surface area contributed by atoms with E-state index in [9.17, 15) is 13.2 Å². The van der Waals surface area contributed by atoms with Gasteiger partial charge in [0.05, 0.1) is 16.3 Å². The van der Waals surface area contributed by atoms with Gasteiger partial charge in [0.1, 0.15) is 6.33 Å². The van der Waals surface area contributed by atoms with Crippen LogP contribution in [0.3, 0.4) is 0 Å². The smallest absolute Gasteiger partial charge is 0.238 e. The number of thioether (sulfide) groups is 1. The molecule has 3 aromatic rings. The lowest BCUT2D eigenvalue weighted by molar-refractivity contribution is -0.118. The highest BCUT2D eigenvalue weighted by Gasteiger charge is 2.12. The second kappa shape index (κ2) is 8.76. The molecule has 1 amide bonds. The van der Waals surface area contributed by atoms with E-state index in [1.54, 1.807) is 18.5 Å². The fraction of sp³-hybridized carbons (Fsp3) is 0.211. The Labute approximate surface area is 173 Å². The lowest BCUT2D eigenvalue weighted by Crippen LogP contribution is -2.24. The number of amides is 1. The van der Waals surface area contributed by atoms with E-state index in [4.69, 9.17) is 5.14 Å². The van der Waals surface area contributed by atoms with Gasteiger partial charge in [0, 0.05) is 6.54 Å². The molecule has 0 aliphatic rings. The van der Waals surface area contributed by atoms with Crippen molar-refractivity contribution in [1.29, 1.82) is 0 Å². The zero-order valence-electron chi connectivity index (χ0n) is 16.0. The van der Waals surface area contributed by atoms with Crippen LogP contribution < -0.4 is 10.5 Å². The molecule has 152 valence electrons. The molecular weight excluding hydrogens is 410 g/mol. The minimum Gasteiger partial charge on any atom is -0.351 e. The van der Waals surface area contributed by atoms with Crippen molar-refractivity contribution in [1.82, 2.24) is 20.1 Å². The van der Waals surface area contributed by atoms with Gasteiger partial charge in [-0.3, -0.25) is 9.36 Å². The molecule has 3 N–H and O–H groups in total. The molecule has 29 heavy (non-hydrogen) atoms. The molecule has 10 heteroatoms. The van der Waals surface area contributed by atoms with Crippen LogP contribution in [0.25, 0.3) is 5.69 Å². The van der Waals surface area contributed by atoms with E-state index in [1.165, 1.54) is 29.5 Å². The van der Waals surface area contributed by atoms with Crippen LogP contribution in [0.1, 0.15) is 16.7 Å². The van der Waals surface area contributed by atoms with Crippen molar-refractivity contribution in [3.63, 3.8) is 0 Å². The highest BCUT2D eigenvalue weighted by molar-refractivity contribution is 7.99. The molecule has 0 saturated heterocycles. The Hall–Kier alpha value is -2.69. The Kier molecular flexibility index (Phi) is 6.36. The standard InChI is InChI=1S/C19H21N5O3S2/c1-13-3-8-17(14(2)9-13)24-12-22-23-19(24)28-11-18(25)21-10-15-4-6-16(7-5-15)29(20,26)27/h3-9,12H,10-11H2,1-2H3,(H,21,25)(H2,20,26,27). The zero-order valence-corrected chi connectivity index (χ0v) is 17.6. The van der Waals surface area contributed by atoms with Gasteiger partial charge in [0.15, 0.2) is 5.16 Å². The molecule has 8 nitrogen and oxygen atoms in total. The molecule has 0 spiro atoms. The summed E-state index contributed by atoms with van der Waals surface area (Å²) in [5.41, 5.74) is 4.01. The van der Waals surface area contributed by atoms with Crippen molar-refractivity contribution in [3.8, 4) is 5.69 Å². The first-order chi connectivity index (χ1) is 13.7. The lowest BCUT2D eigenvalue weighted by Gasteiger charge is -2.10. The summed E-state index contributed by atoms with van der Waals surface area (Å²) in [5.74, 6) is 0.0134. The van der Waals surface area contributed by atoms with E-state index in [2.05, 4.69) is 21.6 Å². The van der Waals surface area contributed by atoms with E-state index in [1.807, 2.05) is 30.5 Å². The fourth-order valence-corrected chi connectivity index (χ4v) is 4.01. The van der Waals surface area contributed by atoms with E-state index in [0.29, 0.717) is 5.16 Å². The second-order valence-electron chi connectivity index (χ2n) is 6.53. The number of nitrogens with two attached hydrogens (primary N) is 1. The first kappa shape index (κ1) is 21.0. The number of aryl methyl sites for hydroxylation is 2. The summed E-state index contributed by atoms with van der Waals surface area (Å²) in [6.45, 7) is 4.34. The lowest BCUT2D eigenvalue weighted by atomic mass is 10.1. The summed E-state index contributed by atoms with van der Waals surface area (Å²) in [6.07, 6.45) is 1.63. The molecule has 0 atom stereocenters. The first-order valence-corrected chi connectivity index (χ1v) is 11.3. The largest absolute Gasteiger partial charge is 0.351 e. The first-order valence-electron chi connectivity index (χ1n) is 8.73. The number of nitrogens with zero attached hydrogens (tertiary/aromatic N) is 3. The Balaban J connectivity index is 1.57. The average molecular weight is 432 g/mol. The molecule has 0 radical (unpaired) electrons. The van der Waals surface area contributed by atoms with Gasteiger partial charge in [-0.25, -0.2) is 13.6 Å². The van der Waals surface area contributed by atoms with Crippen LogP contribution in [0.2, 0.25) is 0 Å². The predicted octanol–water partition coefficient (Wildman–Crippen LogP) is 1.94. The van der Waals surface area contributed by atoms with E-state index in [-0.39, 0.29) is 23.1 Å². The summed E-state index contributed by atoms with van der Waals surface area (Å²) in [4.78, 5) is 12.2. The van der Waals surface area contributed by atoms with E-state index < -0.39 is 10.0 Å². The van der Waals surface area contributed by atoms with Crippen LogP contribution in [0.5, 0.6) is 0 Å². The predicted molar refractivity (Wildman–Crippen MR) is 111 cm³/mol. The molecule has 0 aliphatic carbocycles. The third-order valence-corrected chi connectivity index (χ3v) is 6.07. The highest BCUT2D eigenvalue weighted by atomic mass is 32.2. The van der Waals surface area contributed by atoms with Gasteiger partial charge in [-0.15, -0.1) is 10.2 Å². The number of rotatable bonds is 7. The second-order valence-corrected chi connectivity index (χ2v) is 9.03. The topological polar surface area (TPSA) is 120 Å². The van der Waals surface area contributed by atoms with Gasteiger partial charge >= 0.3 is 0 Å². The van der Waals surface area contributed by atoms with Crippen molar-refractivity contribution in [2.45, 2.75) is 30.4 Å². The molecule has 1 aromatic heterocycles. The molecule has 0 fully saturated rings. The molecule has 0 saturated carbocycles. The summed E-state index contributed by atoms with van der Waals surface area (Å²) < 4.78 is 24.4. The Morgan fingerprint density at radius 3 is 2.55 bits per heavy atom. The van der Waals surface area contributed by atoms with Crippen molar-refractivity contribution in [3.05, 3.63) is 65.5 Å². The number of aromatic nitrogens is 3. The molecule has 3 rings (SSSR count). The van der Waals surface area contributed by atoms with Gasteiger partial charge in [-0.1, -0.05) is 41.6 Å². The van der Waals surface area contributed by atoms with Gasteiger partial charge in [0.2, 0.25) is 15.9 Å². The normalized spacial score (nSPS) is 11.4. The highest BCUT2D eigenvalue weighted by Crippen LogP contribution is 2.22. The minimum absolute atomic E-state index is 0.0360. The number of carbonyl (C=O) groups is 1. The molecule has 0 bridgehead atoms. The van der Waals surface area contributed by atoms with Crippen molar-refractivity contribution < 1.29 is 13.2 Å². The number of hydrogen-bond acceptors (Lipinski definition) is 6. The van der Waals surface area contributed by atoms with Crippen LogP contribution in [0.15, 0.2) is 58.8 Å². The third-order valence-electron chi connectivity index (χ3n) is 4.20. The Bertz CT molecular complexity index is 1130. The van der Waals surface area contributed by atoms with Crippen LogP contribution in [-0.2, 0) is 21.4 Å². The summed E-state index contributed by atoms with van der Waals surface area (Å²) in [5, 5.41) is 16.6. The molecular formula is C19H21N5O3S2. The minimum atomic E-state index is -3.72. The van der Waals surface area contributed by atoms with Gasteiger partial charge in [0.25, 0.3) is 0 Å². The maximum Gasteiger partial charge on any atom is 0.238 e. The summed E-state index contributed by atoms with van der Waals surface area (Å²) in [6, 6.07) is 12.2. The Morgan fingerprint density at radius 2 is 1.90 bits per heavy atom. The zero-order chi connectivity index (χ0) is 21.0. The van der Waals surface area contributed by atoms with Crippen LogP contribution in [0, 0.1) is 13.8 Å².